The van der Waals surface area contributed by atoms with Gasteiger partial charge in [0.15, 0.2) is 16.6 Å². The van der Waals surface area contributed by atoms with Gasteiger partial charge < -0.3 is 19.7 Å². The van der Waals surface area contributed by atoms with Gasteiger partial charge in [0, 0.05) is 29.6 Å². The molecule has 2 amide bonds. The molecular formula is C21H23N3O4S. The molecule has 29 heavy (non-hydrogen) atoms. The molecular weight excluding hydrogens is 390 g/mol. The molecule has 1 saturated heterocycles. The maximum atomic E-state index is 12.8. The van der Waals surface area contributed by atoms with E-state index in [0.29, 0.717) is 36.4 Å². The molecule has 0 saturated carbocycles. The van der Waals surface area contributed by atoms with E-state index in [4.69, 9.17) is 9.47 Å². The molecule has 152 valence electrons. The van der Waals surface area contributed by atoms with Gasteiger partial charge in [0.05, 0.1) is 11.6 Å². The molecule has 2 aromatic rings. The molecule has 1 atom stereocenters. The highest BCUT2D eigenvalue weighted by Gasteiger charge is 2.36. The maximum Gasteiger partial charge on any atom is 0.231 e. The van der Waals surface area contributed by atoms with E-state index in [2.05, 4.69) is 10.3 Å². The topological polar surface area (TPSA) is 80.8 Å². The van der Waals surface area contributed by atoms with E-state index >= 15 is 0 Å². The summed E-state index contributed by atoms with van der Waals surface area (Å²) in [4.78, 5) is 32.9. The van der Waals surface area contributed by atoms with E-state index in [9.17, 15) is 9.59 Å². The van der Waals surface area contributed by atoms with E-state index in [1.165, 1.54) is 17.7 Å². The summed E-state index contributed by atoms with van der Waals surface area (Å²) in [6.45, 7) is 1.38. The molecule has 0 radical (unpaired) electrons. The van der Waals surface area contributed by atoms with Crippen LogP contribution in [0.25, 0.3) is 0 Å². The van der Waals surface area contributed by atoms with Crippen molar-refractivity contribution in [2.75, 3.05) is 30.0 Å². The van der Waals surface area contributed by atoms with Crippen molar-refractivity contribution >= 4 is 34.0 Å². The summed E-state index contributed by atoms with van der Waals surface area (Å²) >= 11 is 1.58. The first-order valence-electron chi connectivity index (χ1n) is 10.2. The van der Waals surface area contributed by atoms with Crippen molar-refractivity contribution in [3.05, 3.63) is 28.8 Å². The Bertz CT molecular complexity index is 934. The summed E-state index contributed by atoms with van der Waals surface area (Å²) in [7, 11) is 0. The molecule has 3 aliphatic rings. The van der Waals surface area contributed by atoms with Crippen molar-refractivity contribution in [1.29, 1.82) is 0 Å². The summed E-state index contributed by atoms with van der Waals surface area (Å²) in [5, 5.41) is 3.61. The minimum atomic E-state index is -0.389. The molecule has 5 rings (SSSR count). The van der Waals surface area contributed by atoms with Gasteiger partial charge in [-0.3, -0.25) is 9.59 Å². The van der Waals surface area contributed by atoms with Gasteiger partial charge in [0.25, 0.3) is 0 Å². The second-order valence-corrected chi connectivity index (χ2v) is 8.76. The maximum absolute atomic E-state index is 12.8. The van der Waals surface area contributed by atoms with E-state index in [1.54, 1.807) is 16.2 Å². The minimum absolute atomic E-state index is 0.0586. The highest BCUT2D eigenvalue weighted by Crippen LogP contribution is 2.36. The zero-order valence-corrected chi connectivity index (χ0v) is 16.9. The third-order valence-corrected chi connectivity index (χ3v) is 6.73. The van der Waals surface area contributed by atoms with Gasteiger partial charge in [-0.05, 0) is 37.8 Å². The standard InChI is InChI=1S/C21H23N3O4S/c25-19-10-13(12-24(19)14-6-7-16-17(11-14)28-9-8-27-16)20(26)23-21-22-15-4-2-1-3-5-18(15)29-21/h6-7,11,13H,1-5,8-10,12H2,(H,22,23,26)/t13-/m0/s1. The van der Waals surface area contributed by atoms with Crippen LogP contribution in [0.4, 0.5) is 10.8 Å². The van der Waals surface area contributed by atoms with Gasteiger partial charge in [-0.15, -0.1) is 11.3 Å². The summed E-state index contributed by atoms with van der Waals surface area (Å²) in [5.74, 6) is 0.738. The number of ether oxygens (including phenoxy) is 2. The fraction of sp³-hybridized carbons (Fsp3) is 0.476. The molecule has 8 heteroatoms. The average Bonchev–Trinajstić information content (AvgIpc) is 3.23. The first-order valence-corrected chi connectivity index (χ1v) is 11.0. The molecule has 3 heterocycles. The van der Waals surface area contributed by atoms with Crippen LogP contribution in [-0.4, -0.2) is 36.6 Å². The van der Waals surface area contributed by atoms with E-state index < -0.39 is 0 Å². The Morgan fingerprint density at radius 2 is 1.97 bits per heavy atom. The van der Waals surface area contributed by atoms with Crippen LogP contribution in [-0.2, 0) is 22.4 Å². The van der Waals surface area contributed by atoms with Crippen molar-refractivity contribution in [2.24, 2.45) is 5.92 Å². The zero-order valence-electron chi connectivity index (χ0n) is 16.1. The van der Waals surface area contributed by atoms with Crippen LogP contribution in [0.2, 0.25) is 0 Å². The molecule has 0 unspecified atom stereocenters. The number of benzene rings is 1. The summed E-state index contributed by atoms with van der Waals surface area (Å²) < 4.78 is 11.1. The van der Waals surface area contributed by atoms with E-state index in [0.717, 1.165) is 30.6 Å². The Kier molecular flexibility index (Phi) is 4.87. The molecule has 0 spiro atoms. The number of thiazole rings is 1. The summed E-state index contributed by atoms with van der Waals surface area (Å²) in [5.41, 5.74) is 1.86. The predicted octanol–water partition coefficient (Wildman–Crippen LogP) is 3.17. The predicted molar refractivity (Wildman–Crippen MR) is 110 cm³/mol. The number of fused-ring (bicyclic) bond motifs is 2. The minimum Gasteiger partial charge on any atom is -0.486 e. The van der Waals surface area contributed by atoms with Crippen molar-refractivity contribution in [3.8, 4) is 11.5 Å². The summed E-state index contributed by atoms with van der Waals surface area (Å²) in [6, 6.07) is 5.46. The molecule has 7 nitrogen and oxygen atoms in total. The largest absolute Gasteiger partial charge is 0.486 e. The van der Waals surface area contributed by atoms with E-state index in [-0.39, 0.29) is 24.2 Å². The number of aromatic nitrogens is 1. The number of anilines is 2. The second-order valence-electron chi connectivity index (χ2n) is 7.67. The highest BCUT2D eigenvalue weighted by atomic mass is 32.1. The first kappa shape index (κ1) is 18.4. The van der Waals surface area contributed by atoms with Gasteiger partial charge in [-0.1, -0.05) is 6.42 Å². The Balaban J connectivity index is 1.27. The normalized spacial score (nSPS) is 20.9. The number of hydrogen-bond donors (Lipinski definition) is 1. The smallest absolute Gasteiger partial charge is 0.231 e. The molecule has 0 bridgehead atoms. The third-order valence-electron chi connectivity index (χ3n) is 5.66. The Morgan fingerprint density at radius 3 is 2.86 bits per heavy atom. The Hall–Kier alpha value is -2.61. The number of amides is 2. The quantitative estimate of drug-likeness (QED) is 0.782. The number of hydrogen-bond acceptors (Lipinski definition) is 6. The SMILES string of the molecule is O=C(Nc1nc2c(s1)CCCCC2)[C@H]1CC(=O)N(c2ccc3c(c2)OCCO3)C1. The van der Waals surface area contributed by atoms with Crippen LogP contribution in [0, 0.1) is 5.92 Å². The van der Waals surface area contributed by atoms with Gasteiger partial charge in [0.2, 0.25) is 11.8 Å². The second kappa shape index (κ2) is 7.67. The Morgan fingerprint density at radius 1 is 1.14 bits per heavy atom. The van der Waals surface area contributed by atoms with Crippen LogP contribution in [0.1, 0.15) is 36.3 Å². The number of carbonyl (C=O) groups excluding carboxylic acids is 2. The zero-order chi connectivity index (χ0) is 19.8. The molecule has 2 aliphatic heterocycles. The first-order chi connectivity index (χ1) is 14.2. The lowest BCUT2D eigenvalue weighted by Crippen LogP contribution is -2.28. The van der Waals surface area contributed by atoms with Crippen molar-refractivity contribution in [1.82, 2.24) is 4.98 Å². The lowest BCUT2D eigenvalue weighted by Gasteiger charge is -2.22. The van der Waals surface area contributed by atoms with Crippen molar-refractivity contribution in [3.63, 3.8) is 0 Å². The highest BCUT2D eigenvalue weighted by molar-refractivity contribution is 7.15. The van der Waals surface area contributed by atoms with Gasteiger partial charge in [-0.2, -0.15) is 0 Å². The fourth-order valence-electron chi connectivity index (χ4n) is 4.12. The Labute approximate surface area is 173 Å². The van der Waals surface area contributed by atoms with E-state index in [1.807, 2.05) is 18.2 Å². The number of rotatable bonds is 3. The van der Waals surface area contributed by atoms with Crippen LogP contribution in [0.3, 0.4) is 0 Å². The van der Waals surface area contributed by atoms with Gasteiger partial charge in [-0.25, -0.2) is 4.98 Å². The molecule has 1 aliphatic carbocycles. The number of nitrogens with one attached hydrogen (secondary N) is 1. The third kappa shape index (κ3) is 3.69. The van der Waals surface area contributed by atoms with Crippen LogP contribution in [0.15, 0.2) is 18.2 Å². The molecule has 1 aromatic carbocycles. The monoisotopic (exact) mass is 413 g/mol. The number of aryl methyl sites for hydroxylation is 2. The van der Waals surface area contributed by atoms with Crippen LogP contribution in [0.5, 0.6) is 11.5 Å². The lowest BCUT2D eigenvalue weighted by atomic mass is 10.1. The van der Waals surface area contributed by atoms with Crippen molar-refractivity contribution < 1.29 is 19.1 Å². The number of nitrogens with zero attached hydrogens (tertiary/aromatic N) is 2. The van der Waals surface area contributed by atoms with Crippen LogP contribution >= 0.6 is 11.3 Å². The van der Waals surface area contributed by atoms with Gasteiger partial charge in [0.1, 0.15) is 13.2 Å². The molecule has 1 N–H and O–H groups in total. The molecule has 1 aromatic heterocycles. The van der Waals surface area contributed by atoms with Crippen LogP contribution < -0.4 is 19.7 Å². The fourth-order valence-corrected chi connectivity index (χ4v) is 5.18. The number of carbonyl (C=O) groups is 2. The summed E-state index contributed by atoms with van der Waals surface area (Å²) in [6.07, 6.45) is 5.82. The molecule has 1 fully saturated rings. The van der Waals surface area contributed by atoms with Gasteiger partial charge >= 0.3 is 0 Å². The lowest BCUT2D eigenvalue weighted by molar-refractivity contribution is -0.122. The average molecular weight is 413 g/mol. The van der Waals surface area contributed by atoms with Crippen molar-refractivity contribution in [2.45, 2.75) is 38.5 Å².